The summed E-state index contributed by atoms with van der Waals surface area (Å²) in [6, 6.07) is 7.24. The Kier molecular flexibility index (Phi) is 4.71. The predicted molar refractivity (Wildman–Crippen MR) is 83.8 cm³/mol. The monoisotopic (exact) mass is 323 g/mol. The summed E-state index contributed by atoms with van der Waals surface area (Å²) in [5, 5.41) is 7.10. The lowest BCUT2D eigenvalue weighted by atomic mass is 9.95. The van der Waals surface area contributed by atoms with Crippen LogP contribution in [0.1, 0.15) is 18.9 Å². The number of halogens is 1. The van der Waals surface area contributed by atoms with Crippen molar-refractivity contribution in [3.63, 3.8) is 0 Å². The molecular formula is C15H18ClN3O3. The highest BCUT2D eigenvalue weighted by Gasteiger charge is 2.42. The van der Waals surface area contributed by atoms with Crippen molar-refractivity contribution in [2.24, 2.45) is 5.16 Å². The Morgan fingerprint density at radius 2 is 2.09 bits per heavy atom. The number of amides is 2. The molecular weight excluding hydrogens is 306 g/mol. The molecule has 0 aliphatic carbocycles. The van der Waals surface area contributed by atoms with Gasteiger partial charge < -0.3 is 15.1 Å². The van der Waals surface area contributed by atoms with E-state index in [1.165, 1.54) is 4.90 Å². The van der Waals surface area contributed by atoms with Crippen LogP contribution in [0, 0.1) is 0 Å². The molecule has 2 rings (SSSR count). The van der Waals surface area contributed by atoms with Gasteiger partial charge in [-0.15, -0.1) is 0 Å². The number of likely N-dealkylation sites (N-methyl/N-ethyl adjacent to an activating group) is 1. The van der Waals surface area contributed by atoms with Crippen molar-refractivity contribution in [2.45, 2.75) is 18.9 Å². The molecule has 1 aromatic carbocycles. The molecule has 6 nitrogen and oxygen atoms in total. The van der Waals surface area contributed by atoms with Crippen LogP contribution in [0.5, 0.6) is 0 Å². The maximum absolute atomic E-state index is 12.2. The van der Waals surface area contributed by atoms with E-state index in [1.807, 2.05) is 18.2 Å². The molecule has 1 aliphatic rings. The zero-order chi connectivity index (χ0) is 16.3. The van der Waals surface area contributed by atoms with Crippen molar-refractivity contribution in [3.05, 3.63) is 34.9 Å². The average molecular weight is 324 g/mol. The summed E-state index contributed by atoms with van der Waals surface area (Å²) in [4.78, 5) is 30.5. The molecule has 0 fully saturated rings. The van der Waals surface area contributed by atoms with Crippen LogP contribution in [0.3, 0.4) is 0 Å². The number of benzene rings is 1. The van der Waals surface area contributed by atoms with E-state index in [9.17, 15) is 9.59 Å². The van der Waals surface area contributed by atoms with E-state index in [2.05, 4.69) is 10.5 Å². The number of hydrogen-bond donors (Lipinski definition) is 1. The Balaban J connectivity index is 2.01. The maximum Gasteiger partial charge on any atom is 0.267 e. The Labute approximate surface area is 134 Å². The first-order valence-corrected chi connectivity index (χ1v) is 7.20. The van der Waals surface area contributed by atoms with Gasteiger partial charge in [0.2, 0.25) is 11.5 Å². The topological polar surface area (TPSA) is 71.0 Å². The minimum atomic E-state index is -1.14. The van der Waals surface area contributed by atoms with Crippen LogP contribution in [0.4, 0.5) is 0 Å². The molecule has 0 spiro atoms. The molecule has 1 atom stereocenters. The average Bonchev–Trinajstić information content (AvgIpc) is 2.88. The summed E-state index contributed by atoms with van der Waals surface area (Å²) >= 11 is 6.13. The van der Waals surface area contributed by atoms with Crippen LogP contribution in [0.25, 0.3) is 0 Å². The van der Waals surface area contributed by atoms with Gasteiger partial charge >= 0.3 is 0 Å². The van der Waals surface area contributed by atoms with Crippen molar-refractivity contribution in [1.29, 1.82) is 0 Å². The summed E-state index contributed by atoms with van der Waals surface area (Å²) < 4.78 is 0. The Bertz CT molecular complexity index is 630. The molecule has 0 saturated heterocycles. The lowest BCUT2D eigenvalue weighted by Gasteiger charge is -2.21. The molecule has 0 unspecified atom stereocenters. The third-order valence-corrected chi connectivity index (χ3v) is 3.76. The second-order valence-electron chi connectivity index (χ2n) is 5.49. The number of nitrogens with zero attached hydrogens (tertiary/aromatic N) is 2. The van der Waals surface area contributed by atoms with Crippen molar-refractivity contribution in [3.8, 4) is 0 Å². The van der Waals surface area contributed by atoms with Gasteiger partial charge in [-0.25, -0.2) is 0 Å². The normalized spacial score (nSPS) is 20.1. The first-order valence-electron chi connectivity index (χ1n) is 6.82. The van der Waals surface area contributed by atoms with Gasteiger partial charge in [0.1, 0.15) is 0 Å². The van der Waals surface area contributed by atoms with E-state index in [0.29, 0.717) is 17.2 Å². The molecule has 7 heteroatoms. The Morgan fingerprint density at radius 3 is 2.73 bits per heavy atom. The highest BCUT2D eigenvalue weighted by atomic mass is 35.5. The highest BCUT2D eigenvalue weighted by molar-refractivity contribution is 6.34. The maximum atomic E-state index is 12.2. The van der Waals surface area contributed by atoms with E-state index in [1.54, 1.807) is 27.1 Å². The van der Waals surface area contributed by atoms with Crippen LogP contribution < -0.4 is 5.32 Å². The van der Waals surface area contributed by atoms with Crippen LogP contribution >= 0.6 is 11.6 Å². The molecule has 1 N–H and O–H groups in total. The minimum absolute atomic E-state index is 0.0772. The molecule has 1 heterocycles. The summed E-state index contributed by atoms with van der Waals surface area (Å²) in [6.07, 6.45) is 0.290. The summed E-state index contributed by atoms with van der Waals surface area (Å²) in [7, 11) is 3.25. The summed E-state index contributed by atoms with van der Waals surface area (Å²) in [5.74, 6) is -0.573. The molecule has 2 amide bonds. The van der Waals surface area contributed by atoms with Crippen molar-refractivity contribution in [1.82, 2.24) is 10.2 Å². The minimum Gasteiger partial charge on any atom is -0.379 e. The third-order valence-electron chi connectivity index (χ3n) is 3.43. The fourth-order valence-corrected chi connectivity index (χ4v) is 2.25. The number of oxime groups is 1. The van der Waals surface area contributed by atoms with Crippen molar-refractivity contribution >= 4 is 29.1 Å². The van der Waals surface area contributed by atoms with Crippen LogP contribution in [-0.4, -0.2) is 48.7 Å². The first kappa shape index (κ1) is 16.3. The van der Waals surface area contributed by atoms with Crippen molar-refractivity contribution in [2.75, 3.05) is 20.6 Å². The Hall–Kier alpha value is -2.08. The molecule has 1 aliphatic heterocycles. The van der Waals surface area contributed by atoms with E-state index < -0.39 is 5.60 Å². The van der Waals surface area contributed by atoms with E-state index in [4.69, 9.17) is 16.4 Å². The van der Waals surface area contributed by atoms with Gasteiger partial charge in [0.15, 0.2) is 0 Å². The molecule has 0 saturated carbocycles. The van der Waals surface area contributed by atoms with Gasteiger partial charge in [0.25, 0.3) is 5.91 Å². The van der Waals surface area contributed by atoms with Gasteiger partial charge in [0, 0.05) is 31.1 Å². The van der Waals surface area contributed by atoms with Gasteiger partial charge in [-0.1, -0.05) is 35.0 Å². The van der Waals surface area contributed by atoms with E-state index >= 15 is 0 Å². The lowest BCUT2D eigenvalue weighted by Crippen LogP contribution is -2.47. The highest BCUT2D eigenvalue weighted by Crippen LogP contribution is 2.29. The van der Waals surface area contributed by atoms with Crippen LogP contribution in [0.15, 0.2) is 29.4 Å². The summed E-state index contributed by atoms with van der Waals surface area (Å²) in [6.45, 7) is 1.56. The number of nitrogens with one attached hydrogen (secondary N) is 1. The SMILES string of the molecule is CN(C)C(=O)CNC(=O)[C@]1(C)CC(c2ccccc2Cl)=NO1. The fourth-order valence-electron chi connectivity index (χ4n) is 2.00. The van der Waals surface area contributed by atoms with Gasteiger partial charge in [0.05, 0.1) is 12.3 Å². The van der Waals surface area contributed by atoms with E-state index in [0.717, 1.165) is 5.56 Å². The Morgan fingerprint density at radius 1 is 1.41 bits per heavy atom. The van der Waals surface area contributed by atoms with Gasteiger partial charge in [-0.05, 0) is 13.0 Å². The molecule has 118 valence electrons. The largest absolute Gasteiger partial charge is 0.379 e. The standard InChI is InChI=1S/C15H18ClN3O3/c1-15(14(21)17-9-13(20)19(2)3)8-12(18-22-15)10-6-4-5-7-11(10)16/h4-7H,8-9H2,1-3H3,(H,17,21)/t15-/m0/s1. The zero-order valence-electron chi connectivity index (χ0n) is 12.7. The smallest absolute Gasteiger partial charge is 0.267 e. The van der Waals surface area contributed by atoms with Gasteiger partial charge in [-0.2, -0.15) is 0 Å². The predicted octanol–water partition coefficient (Wildman–Crippen LogP) is 1.43. The zero-order valence-corrected chi connectivity index (χ0v) is 13.5. The molecule has 22 heavy (non-hydrogen) atoms. The molecule has 0 bridgehead atoms. The molecule has 1 aromatic rings. The van der Waals surface area contributed by atoms with Crippen molar-refractivity contribution < 1.29 is 14.4 Å². The van der Waals surface area contributed by atoms with E-state index in [-0.39, 0.29) is 18.4 Å². The number of carbonyl (C=O) groups is 2. The second-order valence-corrected chi connectivity index (χ2v) is 5.89. The number of rotatable bonds is 4. The lowest BCUT2D eigenvalue weighted by molar-refractivity contribution is -0.143. The van der Waals surface area contributed by atoms with Gasteiger partial charge in [-0.3, -0.25) is 9.59 Å². The molecule has 0 radical (unpaired) electrons. The number of hydrogen-bond acceptors (Lipinski definition) is 4. The first-order chi connectivity index (χ1) is 10.3. The molecule has 0 aromatic heterocycles. The van der Waals surface area contributed by atoms with Crippen LogP contribution in [-0.2, 0) is 14.4 Å². The third kappa shape index (κ3) is 3.39. The number of carbonyl (C=O) groups excluding carboxylic acids is 2. The summed E-state index contributed by atoms with van der Waals surface area (Å²) in [5.41, 5.74) is 0.216. The van der Waals surface area contributed by atoms with Crippen LogP contribution in [0.2, 0.25) is 5.02 Å². The fraction of sp³-hybridized carbons (Fsp3) is 0.400. The second kappa shape index (κ2) is 6.36. The quantitative estimate of drug-likeness (QED) is 0.911.